The maximum atomic E-state index is 13.1. The predicted octanol–water partition coefficient (Wildman–Crippen LogP) is 2.57. The molecule has 150 valence electrons. The van der Waals surface area contributed by atoms with Gasteiger partial charge >= 0.3 is 0 Å². The Balaban J connectivity index is 1.49. The fraction of sp³-hybridized carbons (Fsp3) is 0.333. The molecule has 0 bridgehead atoms. The second-order valence-electron chi connectivity index (χ2n) is 6.95. The van der Waals surface area contributed by atoms with Crippen molar-refractivity contribution in [1.29, 1.82) is 0 Å². The quantitative estimate of drug-likeness (QED) is 0.663. The lowest BCUT2D eigenvalue weighted by atomic mass is 10.1. The third-order valence-corrected chi connectivity index (χ3v) is 4.96. The van der Waals surface area contributed by atoms with Gasteiger partial charge < -0.3 is 14.4 Å². The molecule has 3 heterocycles. The van der Waals surface area contributed by atoms with E-state index in [0.29, 0.717) is 24.7 Å². The largest absolute Gasteiger partial charge is 0.497 e. The lowest BCUT2D eigenvalue weighted by Gasteiger charge is -2.32. The molecule has 8 heteroatoms. The lowest BCUT2D eigenvalue weighted by molar-refractivity contribution is 0.0517. The van der Waals surface area contributed by atoms with Gasteiger partial charge in [0.25, 0.3) is 5.91 Å². The number of ether oxygens (including phenoxy) is 2. The number of nitrogens with zero attached hydrogens (tertiary/aromatic N) is 5. The topological polar surface area (TPSA) is 82.4 Å². The van der Waals surface area contributed by atoms with Gasteiger partial charge in [0.1, 0.15) is 17.5 Å². The van der Waals surface area contributed by atoms with Crippen molar-refractivity contribution >= 4 is 5.91 Å². The van der Waals surface area contributed by atoms with E-state index in [0.717, 1.165) is 29.8 Å². The molecule has 1 unspecified atom stereocenters. The van der Waals surface area contributed by atoms with E-state index >= 15 is 0 Å². The first-order valence-corrected chi connectivity index (χ1v) is 9.54. The summed E-state index contributed by atoms with van der Waals surface area (Å²) in [6, 6.07) is 9.46. The Bertz CT molecular complexity index is 989. The number of carbonyl (C=O) groups excluding carboxylic acids is 1. The summed E-state index contributed by atoms with van der Waals surface area (Å²) in [5.74, 6) is 1.18. The normalized spacial score (nSPS) is 16.5. The van der Waals surface area contributed by atoms with E-state index in [1.165, 1.54) is 0 Å². The molecule has 1 saturated heterocycles. The maximum Gasteiger partial charge on any atom is 0.272 e. The van der Waals surface area contributed by atoms with Gasteiger partial charge in [-0.1, -0.05) is 12.1 Å². The highest BCUT2D eigenvalue weighted by Crippen LogP contribution is 2.25. The molecule has 1 fully saturated rings. The molecule has 8 nitrogen and oxygen atoms in total. The number of benzene rings is 1. The summed E-state index contributed by atoms with van der Waals surface area (Å²) in [5.41, 5.74) is 2.18. The fourth-order valence-electron chi connectivity index (χ4n) is 3.49. The number of carbonyl (C=O) groups is 1. The van der Waals surface area contributed by atoms with Gasteiger partial charge in [0, 0.05) is 31.5 Å². The number of piperidine rings is 1. The number of hydrogen-bond donors (Lipinski definition) is 0. The summed E-state index contributed by atoms with van der Waals surface area (Å²) < 4.78 is 12.8. The zero-order valence-electron chi connectivity index (χ0n) is 16.5. The summed E-state index contributed by atoms with van der Waals surface area (Å²) in [7, 11) is 3.41. The van der Waals surface area contributed by atoms with Crippen LogP contribution in [0.15, 0.2) is 48.9 Å². The van der Waals surface area contributed by atoms with Crippen molar-refractivity contribution in [1.82, 2.24) is 24.6 Å². The summed E-state index contributed by atoms with van der Waals surface area (Å²) in [4.78, 5) is 23.1. The second-order valence-corrected chi connectivity index (χ2v) is 6.95. The van der Waals surface area contributed by atoms with E-state index in [-0.39, 0.29) is 12.0 Å². The number of likely N-dealkylation sites (tertiary alicyclic amines) is 1. The highest BCUT2D eigenvalue weighted by atomic mass is 16.5. The second kappa shape index (κ2) is 8.30. The Kier molecular flexibility index (Phi) is 5.41. The molecule has 1 amide bonds. The Labute approximate surface area is 169 Å². The monoisotopic (exact) mass is 393 g/mol. The zero-order valence-corrected chi connectivity index (χ0v) is 16.5. The van der Waals surface area contributed by atoms with E-state index in [4.69, 9.17) is 9.47 Å². The molecule has 4 rings (SSSR count). The van der Waals surface area contributed by atoms with Crippen molar-refractivity contribution in [2.45, 2.75) is 18.9 Å². The van der Waals surface area contributed by atoms with Crippen molar-refractivity contribution in [3.05, 3.63) is 54.6 Å². The van der Waals surface area contributed by atoms with Crippen molar-refractivity contribution in [2.24, 2.45) is 7.05 Å². The van der Waals surface area contributed by atoms with Gasteiger partial charge in [-0.05, 0) is 31.0 Å². The van der Waals surface area contributed by atoms with Gasteiger partial charge in [-0.25, -0.2) is 4.98 Å². The minimum Gasteiger partial charge on any atom is -0.497 e. The number of hydrogen-bond acceptors (Lipinski definition) is 6. The fourth-order valence-corrected chi connectivity index (χ4v) is 3.49. The van der Waals surface area contributed by atoms with Crippen LogP contribution in [0, 0.1) is 0 Å². The molecular formula is C21H23N5O3. The Hall–Kier alpha value is -3.42. The minimum absolute atomic E-state index is 0.0541. The smallest absolute Gasteiger partial charge is 0.272 e. The van der Waals surface area contributed by atoms with Gasteiger partial charge in [0.05, 0.1) is 25.5 Å². The van der Waals surface area contributed by atoms with Crippen LogP contribution in [-0.4, -0.2) is 56.9 Å². The van der Waals surface area contributed by atoms with Crippen molar-refractivity contribution < 1.29 is 14.3 Å². The zero-order chi connectivity index (χ0) is 20.2. The number of aryl methyl sites for hydroxylation is 1. The molecule has 3 aromatic rings. The average molecular weight is 393 g/mol. The molecule has 0 saturated carbocycles. The summed E-state index contributed by atoms with van der Waals surface area (Å²) in [6.07, 6.45) is 6.43. The Morgan fingerprint density at radius 2 is 2.14 bits per heavy atom. The van der Waals surface area contributed by atoms with Gasteiger partial charge in [-0.15, -0.1) is 0 Å². The molecule has 0 aliphatic carbocycles. The van der Waals surface area contributed by atoms with Gasteiger partial charge in [-0.3, -0.25) is 14.5 Å². The van der Waals surface area contributed by atoms with Crippen LogP contribution in [0.2, 0.25) is 0 Å². The van der Waals surface area contributed by atoms with Crippen LogP contribution in [0.3, 0.4) is 0 Å². The standard InChI is InChI=1S/C21H23N5O3/c1-25-19(12-18(24-25)15-5-3-6-16(11-15)28-2)21(27)26-10-4-7-17(14-26)29-20-13-22-8-9-23-20/h3,5-6,8-9,11-13,17H,4,7,10,14H2,1-2H3. The molecule has 0 N–H and O–H groups in total. The first kappa shape index (κ1) is 18.9. The number of aromatic nitrogens is 4. The Morgan fingerprint density at radius 3 is 2.93 bits per heavy atom. The first-order chi connectivity index (χ1) is 14.1. The van der Waals surface area contributed by atoms with Crippen LogP contribution in [-0.2, 0) is 7.05 Å². The van der Waals surface area contributed by atoms with Crippen molar-refractivity contribution in [3.8, 4) is 22.9 Å². The number of rotatable bonds is 5. The molecular weight excluding hydrogens is 370 g/mol. The van der Waals surface area contributed by atoms with E-state index in [2.05, 4.69) is 15.1 Å². The summed E-state index contributed by atoms with van der Waals surface area (Å²) in [6.45, 7) is 1.20. The maximum absolute atomic E-state index is 13.1. The lowest BCUT2D eigenvalue weighted by Crippen LogP contribution is -2.45. The van der Waals surface area contributed by atoms with E-state index in [1.807, 2.05) is 35.2 Å². The molecule has 1 aliphatic heterocycles. The highest BCUT2D eigenvalue weighted by Gasteiger charge is 2.28. The molecule has 1 aromatic carbocycles. The van der Waals surface area contributed by atoms with E-state index in [9.17, 15) is 4.79 Å². The van der Waals surface area contributed by atoms with Crippen molar-refractivity contribution in [3.63, 3.8) is 0 Å². The molecule has 29 heavy (non-hydrogen) atoms. The SMILES string of the molecule is COc1cccc(-c2cc(C(=O)N3CCCC(Oc4cnccn4)C3)n(C)n2)c1. The molecule has 0 spiro atoms. The van der Waals surface area contributed by atoms with Gasteiger partial charge in [0.2, 0.25) is 5.88 Å². The summed E-state index contributed by atoms with van der Waals surface area (Å²) in [5, 5.41) is 4.52. The molecule has 1 atom stereocenters. The van der Waals surface area contributed by atoms with Crippen LogP contribution < -0.4 is 9.47 Å². The third kappa shape index (κ3) is 4.21. The van der Waals surface area contributed by atoms with Crippen LogP contribution in [0.1, 0.15) is 23.3 Å². The van der Waals surface area contributed by atoms with Crippen LogP contribution in [0.4, 0.5) is 0 Å². The third-order valence-electron chi connectivity index (χ3n) is 4.96. The highest BCUT2D eigenvalue weighted by molar-refractivity contribution is 5.93. The molecule has 2 aromatic heterocycles. The van der Waals surface area contributed by atoms with Gasteiger partial charge in [-0.2, -0.15) is 5.10 Å². The van der Waals surface area contributed by atoms with Crippen LogP contribution in [0.5, 0.6) is 11.6 Å². The Morgan fingerprint density at radius 1 is 1.24 bits per heavy atom. The van der Waals surface area contributed by atoms with Crippen molar-refractivity contribution in [2.75, 3.05) is 20.2 Å². The predicted molar refractivity (Wildman–Crippen MR) is 107 cm³/mol. The van der Waals surface area contributed by atoms with E-state index in [1.54, 1.807) is 37.4 Å². The van der Waals surface area contributed by atoms with Gasteiger partial charge in [0.15, 0.2) is 0 Å². The molecule has 0 radical (unpaired) electrons. The average Bonchev–Trinajstić information content (AvgIpc) is 3.16. The van der Waals surface area contributed by atoms with E-state index < -0.39 is 0 Å². The van der Waals surface area contributed by atoms with Crippen LogP contribution >= 0.6 is 0 Å². The minimum atomic E-state index is -0.101. The first-order valence-electron chi connectivity index (χ1n) is 9.54. The summed E-state index contributed by atoms with van der Waals surface area (Å²) >= 11 is 0. The number of methoxy groups -OCH3 is 1. The van der Waals surface area contributed by atoms with Crippen LogP contribution in [0.25, 0.3) is 11.3 Å². The number of amides is 1. The molecule has 1 aliphatic rings.